The normalized spacial score (nSPS) is 10.7. The number of carbonyl (C=O) groups excluding carboxylic acids is 1. The zero-order valence-electron chi connectivity index (χ0n) is 15.3. The van der Waals surface area contributed by atoms with Crippen LogP contribution in [0.1, 0.15) is 29.8 Å². The molecule has 3 rings (SSSR count). The third kappa shape index (κ3) is 2.96. The number of ether oxygens (including phenoxy) is 1. The van der Waals surface area contributed by atoms with Crippen LogP contribution in [0, 0.1) is 5.41 Å². The van der Waals surface area contributed by atoms with E-state index >= 15 is 0 Å². The molecule has 5 nitrogen and oxygen atoms in total. The molecule has 0 saturated carbocycles. The van der Waals surface area contributed by atoms with Gasteiger partial charge in [-0.15, -0.1) is 0 Å². The van der Waals surface area contributed by atoms with Crippen molar-refractivity contribution in [2.24, 2.45) is 0 Å². The van der Waals surface area contributed by atoms with Crippen LogP contribution in [0.2, 0.25) is 0 Å². The number of rotatable bonds is 6. The Morgan fingerprint density at radius 1 is 1.19 bits per heavy atom. The average Bonchev–Trinajstić information content (AvgIpc) is 3.00. The molecule has 0 bridgehead atoms. The van der Waals surface area contributed by atoms with Crippen LogP contribution in [0.4, 0.5) is 0 Å². The van der Waals surface area contributed by atoms with Gasteiger partial charge in [-0.05, 0) is 49.7 Å². The lowest BCUT2D eigenvalue weighted by atomic mass is 10.0. The van der Waals surface area contributed by atoms with Gasteiger partial charge in [0, 0.05) is 41.3 Å². The number of hydrogen-bond acceptors (Lipinski definition) is 3. The predicted octanol–water partition coefficient (Wildman–Crippen LogP) is 4.08. The number of benzene rings is 2. The number of hydrogen-bond donors (Lipinski definition) is 2. The Morgan fingerprint density at radius 2 is 1.92 bits per heavy atom. The van der Waals surface area contributed by atoms with Gasteiger partial charge in [0.25, 0.3) is 5.91 Å². The fourth-order valence-corrected chi connectivity index (χ4v) is 3.31. The molecule has 3 aromatic rings. The van der Waals surface area contributed by atoms with Gasteiger partial charge in [0.2, 0.25) is 0 Å². The van der Waals surface area contributed by atoms with Gasteiger partial charge in [0.05, 0.1) is 12.8 Å². The molecule has 0 unspecified atom stereocenters. The minimum Gasteiger partial charge on any atom is -0.497 e. The zero-order valence-corrected chi connectivity index (χ0v) is 15.3. The summed E-state index contributed by atoms with van der Waals surface area (Å²) in [6.45, 7) is 5.37. The lowest BCUT2D eigenvalue weighted by molar-refractivity contribution is 0.0956. The molecule has 5 heteroatoms. The van der Waals surface area contributed by atoms with Gasteiger partial charge in [0.15, 0.2) is 0 Å². The Morgan fingerprint density at radius 3 is 2.50 bits per heavy atom. The molecular weight excluding hydrogens is 326 g/mol. The molecular formula is C21H23N3O2. The minimum atomic E-state index is -0.0768. The first-order chi connectivity index (χ1) is 12.6. The van der Waals surface area contributed by atoms with E-state index in [1.807, 2.05) is 49.4 Å². The summed E-state index contributed by atoms with van der Waals surface area (Å²) in [5.74, 6) is 0.694. The summed E-state index contributed by atoms with van der Waals surface area (Å²) in [7, 11) is 1.64. The molecule has 134 valence electrons. The van der Waals surface area contributed by atoms with Crippen molar-refractivity contribution in [3.63, 3.8) is 0 Å². The second-order valence-corrected chi connectivity index (χ2v) is 5.97. The Hall–Kier alpha value is -3.08. The van der Waals surface area contributed by atoms with Gasteiger partial charge in [0.1, 0.15) is 5.75 Å². The third-order valence-corrected chi connectivity index (χ3v) is 4.53. The monoisotopic (exact) mass is 349 g/mol. The molecule has 0 aliphatic rings. The average molecular weight is 349 g/mol. The van der Waals surface area contributed by atoms with E-state index in [4.69, 9.17) is 10.1 Å². The van der Waals surface area contributed by atoms with Crippen LogP contribution in [0.15, 0.2) is 42.5 Å². The number of nitrogens with zero attached hydrogens (tertiary/aromatic N) is 1. The quantitative estimate of drug-likeness (QED) is 0.658. The Labute approximate surface area is 153 Å². The first-order valence-electron chi connectivity index (χ1n) is 8.73. The fraction of sp³-hybridized carbons (Fsp3) is 0.238. The molecule has 1 amide bonds. The molecule has 0 fully saturated rings. The molecule has 1 aromatic heterocycles. The molecule has 26 heavy (non-hydrogen) atoms. The fourth-order valence-electron chi connectivity index (χ4n) is 3.31. The van der Waals surface area contributed by atoms with E-state index in [-0.39, 0.29) is 5.91 Å². The highest BCUT2D eigenvalue weighted by atomic mass is 16.5. The second kappa shape index (κ2) is 7.44. The maximum atomic E-state index is 12.0. The van der Waals surface area contributed by atoms with Crippen molar-refractivity contribution in [2.45, 2.75) is 20.4 Å². The summed E-state index contributed by atoms with van der Waals surface area (Å²) in [5.41, 5.74) is 4.51. The van der Waals surface area contributed by atoms with Crippen LogP contribution in [-0.2, 0) is 6.54 Å². The van der Waals surface area contributed by atoms with E-state index in [2.05, 4.69) is 16.8 Å². The van der Waals surface area contributed by atoms with Gasteiger partial charge < -0.3 is 20.0 Å². The number of aryl methyl sites for hydroxylation is 1. The lowest BCUT2D eigenvalue weighted by Gasteiger charge is -2.10. The lowest BCUT2D eigenvalue weighted by Crippen LogP contribution is -2.22. The van der Waals surface area contributed by atoms with Crippen molar-refractivity contribution >= 4 is 23.0 Å². The first kappa shape index (κ1) is 17.7. The van der Waals surface area contributed by atoms with E-state index in [1.165, 1.54) is 6.21 Å². The van der Waals surface area contributed by atoms with Gasteiger partial charge in [-0.1, -0.05) is 12.1 Å². The summed E-state index contributed by atoms with van der Waals surface area (Å²) < 4.78 is 7.54. The number of aromatic nitrogens is 1. The summed E-state index contributed by atoms with van der Waals surface area (Å²) >= 11 is 0. The summed E-state index contributed by atoms with van der Waals surface area (Å²) in [4.78, 5) is 12.0. The van der Waals surface area contributed by atoms with E-state index in [0.29, 0.717) is 12.1 Å². The number of fused-ring (bicyclic) bond motifs is 1. The van der Waals surface area contributed by atoms with Crippen LogP contribution in [0.5, 0.6) is 5.75 Å². The van der Waals surface area contributed by atoms with Crippen molar-refractivity contribution in [1.82, 2.24) is 9.88 Å². The van der Waals surface area contributed by atoms with E-state index in [1.54, 1.807) is 7.11 Å². The Balaban J connectivity index is 2.17. The molecule has 0 aliphatic carbocycles. The molecule has 2 aromatic carbocycles. The van der Waals surface area contributed by atoms with Crippen molar-refractivity contribution in [2.75, 3.05) is 13.7 Å². The number of carbonyl (C=O) groups is 1. The summed E-state index contributed by atoms with van der Waals surface area (Å²) in [6.07, 6.45) is 1.39. The van der Waals surface area contributed by atoms with E-state index in [9.17, 15) is 4.79 Å². The van der Waals surface area contributed by atoms with Crippen LogP contribution in [-0.4, -0.2) is 30.3 Å². The van der Waals surface area contributed by atoms with Crippen LogP contribution in [0.25, 0.3) is 22.2 Å². The molecule has 2 N–H and O–H groups in total. The predicted molar refractivity (Wildman–Crippen MR) is 105 cm³/mol. The van der Waals surface area contributed by atoms with Gasteiger partial charge in [-0.25, -0.2) is 0 Å². The molecule has 0 spiro atoms. The number of nitrogens with one attached hydrogen (secondary N) is 2. The van der Waals surface area contributed by atoms with Crippen molar-refractivity contribution < 1.29 is 9.53 Å². The maximum absolute atomic E-state index is 12.0. The number of amides is 1. The third-order valence-electron chi connectivity index (χ3n) is 4.53. The molecule has 0 saturated heterocycles. The van der Waals surface area contributed by atoms with Gasteiger partial charge in [-0.2, -0.15) is 0 Å². The highest BCUT2D eigenvalue weighted by Crippen LogP contribution is 2.34. The highest BCUT2D eigenvalue weighted by molar-refractivity contribution is 6.06. The zero-order chi connectivity index (χ0) is 18.7. The van der Waals surface area contributed by atoms with Crippen LogP contribution in [0.3, 0.4) is 0 Å². The second-order valence-electron chi connectivity index (χ2n) is 5.97. The van der Waals surface area contributed by atoms with E-state index < -0.39 is 0 Å². The SMILES string of the molecule is CCNC(=O)c1ccc(-c2c(C=N)c3cc(OC)ccc3n2CC)cc1. The molecule has 0 atom stereocenters. The minimum absolute atomic E-state index is 0.0768. The van der Waals surface area contributed by atoms with E-state index in [0.717, 1.165) is 40.0 Å². The smallest absolute Gasteiger partial charge is 0.251 e. The maximum Gasteiger partial charge on any atom is 0.251 e. The number of methoxy groups -OCH3 is 1. The summed E-state index contributed by atoms with van der Waals surface area (Å²) in [5, 5.41) is 11.7. The van der Waals surface area contributed by atoms with Gasteiger partial charge in [-0.3, -0.25) is 4.79 Å². The summed E-state index contributed by atoms with van der Waals surface area (Å²) in [6, 6.07) is 13.5. The molecule has 0 radical (unpaired) electrons. The van der Waals surface area contributed by atoms with Crippen molar-refractivity contribution in [3.05, 3.63) is 53.6 Å². The highest BCUT2D eigenvalue weighted by Gasteiger charge is 2.17. The topological polar surface area (TPSA) is 67.1 Å². The largest absolute Gasteiger partial charge is 0.497 e. The van der Waals surface area contributed by atoms with Crippen molar-refractivity contribution in [1.29, 1.82) is 5.41 Å². The van der Waals surface area contributed by atoms with Crippen LogP contribution >= 0.6 is 0 Å². The van der Waals surface area contributed by atoms with Crippen molar-refractivity contribution in [3.8, 4) is 17.0 Å². The standard InChI is InChI=1S/C21H23N3O2/c1-4-23-21(25)15-8-6-14(7-9-15)20-18(13-22)17-12-16(26-3)10-11-19(17)24(20)5-2/h6-13,22H,4-5H2,1-3H3,(H,23,25). The first-order valence-corrected chi connectivity index (χ1v) is 8.73. The molecule has 1 heterocycles. The molecule has 0 aliphatic heterocycles. The van der Waals surface area contributed by atoms with Crippen LogP contribution < -0.4 is 10.1 Å². The van der Waals surface area contributed by atoms with Gasteiger partial charge >= 0.3 is 0 Å². The Bertz CT molecular complexity index is 956. The Kier molecular flexibility index (Phi) is 5.07.